The summed E-state index contributed by atoms with van der Waals surface area (Å²) in [4.78, 5) is 10.5. The van der Waals surface area contributed by atoms with Crippen LogP contribution in [0, 0.1) is 0 Å². The molecule has 0 saturated heterocycles. The van der Waals surface area contributed by atoms with Gasteiger partial charge in [-0.05, 0) is 32.5 Å². The average molecular weight is 256 g/mol. The van der Waals surface area contributed by atoms with Crippen molar-refractivity contribution in [3.8, 4) is 0 Å². The molecule has 0 aliphatic heterocycles. The van der Waals surface area contributed by atoms with E-state index in [1.54, 1.807) is 0 Å². The van der Waals surface area contributed by atoms with E-state index >= 15 is 0 Å². The summed E-state index contributed by atoms with van der Waals surface area (Å²) < 4.78 is 41.0. The molecule has 0 aliphatic carbocycles. The maximum absolute atomic E-state index is 11.8. The number of hydrogen-bond donors (Lipinski definition) is 0. The van der Waals surface area contributed by atoms with E-state index < -0.39 is 26.7 Å². The molecular weight excluding hydrogens is 237 g/mol. The number of ketones is 1. The maximum Gasteiger partial charge on any atom is 0.449 e. The first kappa shape index (κ1) is 15.6. The van der Waals surface area contributed by atoms with Crippen molar-refractivity contribution in [2.45, 2.75) is 51.5 Å². The molecule has 0 aliphatic rings. The molecule has 0 aromatic heterocycles. The van der Waals surface area contributed by atoms with E-state index in [-0.39, 0.29) is 6.42 Å². The second-order valence-corrected chi connectivity index (χ2v) is 9.21. The summed E-state index contributed by atoms with van der Waals surface area (Å²) in [6.07, 6.45) is -3.47. The Bertz CT molecular complexity index is 221. The van der Waals surface area contributed by atoms with Gasteiger partial charge in [0, 0.05) is 13.0 Å². The Morgan fingerprint density at radius 3 is 2.12 bits per heavy atom. The van der Waals surface area contributed by atoms with Crippen molar-refractivity contribution in [3.63, 3.8) is 0 Å². The van der Waals surface area contributed by atoms with Gasteiger partial charge in [0.15, 0.2) is 8.32 Å². The molecule has 0 saturated carbocycles. The third-order valence-electron chi connectivity index (χ3n) is 1.90. The number of rotatable bonds is 7. The number of carbonyl (C=O) groups excluding carboxylic acids is 1. The minimum Gasteiger partial charge on any atom is -0.418 e. The molecule has 96 valence electrons. The van der Waals surface area contributed by atoms with E-state index in [2.05, 4.69) is 19.6 Å². The summed E-state index contributed by atoms with van der Waals surface area (Å²) in [6.45, 7) is 6.75. The van der Waals surface area contributed by atoms with E-state index in [0.717, 1.165) is 6.42 Å². The molecule has 0 radical (unpaired) electrons. The minimum atomic E-state index is -4.67. The van der Waals surface area contributed by atoms with E-state index in [1.807, 2.05) is 0 Å². The number of unbranched alkanes of at least 4 members (excludes halogenated alkanes) is 2. The summed E-state index contributed by atoms with van der Waals surface area (Å²) in [5.74, 6) is -1.63. The van der Waals surface area contributed by atoms with Crippen LogP contribution in [0.4, 0.5) is 13.2 Å². The van der Waals surface area contributed by atoms with Crippen LogP contribution in [-0.4, -0.2) is 26.9 Å². The Kier molecular flexibility index (Phi) is 6.25. The lowest BCUT2D eigenvalue weighted by molar-refractivity contribution is -0.171. The normalized spacial score (nSPS) is 12.9. The van der Waals surface area contributed by atoms with Crippen LogP contribution in [0.5, 0.6) is 0 Å². The van der Waals surface area contributed by atoms with Crippen LogP contribution in [-0.2, 0) is 9.22 Å². The fraction of sp³-hybridized carbons (Fsp3) is 0.900. The summed E-state index contributed by atoms with van der Waals surface area (Å²) in [5.41, 5.74) is 0. The average Bonchev–Trinajstić information content (AvgIpc) is 2.07. The monoisotopic (exact) mass is 256 g/mol. The van der Waals surface area contributed by atoms with E-state index in [4.69, 9.17) is 4.43 Å². The summed E-state index contributed by atoms with van der Waals surface area (Å²) >= 11 is 0. The molecule has 0 N–H and O–H groups in total. The Hall–Kier alpha value is -0.363. The molecule has 6 heteroatoms. The zero-order chi connectivity index (χ0) is 12.8. The zero-order valence-electron chi connectivity index (χ0n) is 9.99. The van der Waals surface area contributed by atoms with Crippen molar-refractivity contribution in [3.05, 3.63) is 0 Å². The highest BCUT2D eigenvalue weighted by atomic mass is 28.4. The Morgan fingerprint density at radius 1 is 1.12 bits per heavy atom. The first-order valence-electron chi connectivity index (χ1n) is 5.37. The molecule has 0 aromatic carbocycles. The number of halogens is 3. The summed E-state index contributed by atoms with van der Waals surface area (Å²) in [5, 5.41) is 0. The van der Waals surface area contributed by atoms with Crippen molar-refractivity contribution in [2.24, 2.45) is 0 Å². The fourth-order valence-electron chi connectivity index (χ4n) is 1.08. The molecule has 0 rings (SSSR count). The lowest BCUT2D eigenvalue weighted by Gasteiger charge is -2.16. The minimum absolute atomic E-state index is 0.285. The lowest BCUT2D eigenvalue weighted by atomic mass is 10.1. The largest absolute Gasteiger partial charge is 0.449 e. The molecule has 16 heavy (non-hydrogen) atoms. The molecule has 0 amide bonds. The smallest absolute Gasteiger partial charge is 0.418 e. The molecule has 0 heterocycles. The Labute approximate surface area is 95.3 Å². The molecule has 0 atom stereocenters. The fourth-order valence-corrected chi connectivity index (χ4v) is 1.84. The maximum atomic E-state index is 11.8. The second kappa shape index (κ2) is 6.39. The predicted octanol–water partition coefficient (Wildman–Crippen LogP) is 3.53. The third-order valence-corrected chi connectivity index (χ3v) is 2.97. The number of carbonyl (C=O) groups is 1. The summed E-state index contributed by atoms with van der Waals surface area (Å²) in [6, 6.07) is 0. The van der Waals surface area contributed by atoms with Gasteiger partial charge >= 0.3 is 6.18 Å². The standard InChI is InChI=1S/C10H19F3O2Si/c1-16(2,3)15-8-6-4-5-7-9(14)10(11,12)13/h4-8H2,1-3H3. The van der Waals surface area contributed by atoms with Crippen LogP contribution in [0.25, 0.3) is 0 Å². The first-order chi connectivity index (χ1) is 7.13. The number of hydrogen-bond acceptors (Lipinski definition) is 2. The highest BCUT2D eigenvalue weighted by Crippen LogP contribution is 2.19. The van der Waals surface area contributed by atoms with Gasteiger partial charge in [-0.15, -0.1) is 0 Å². The van der Waals surface area contributed by atoms with Crippen molar-refractivity contribution in [2.75, 3.05) is 6.61 Å². The van der Waals surface area contributed by atoms with E-state index in [0.29, 0.717) is 13.0 Å². The number of alkyl halides is 3. The van der Waals surface area contributed by atoms with Gasteiger partial charge in [-0.3, -0.25) is 4.79 Å². The molecule has 0 bridgehead atoms. The molecule has 0 unspecified atom stereocenters. The van der Waals surface area contributed by atoms with Crippen molar-refractivity contribution in [1.82, 2.24) is 0 Å². The topological polar surface area (TPSA) is 26.3 Å². The molecule has 0 fully saturated rings. The number of Topliss-reactive ketones (excluding diaryl/α,β-unsaturated/α-hetero) is 1. The van der Waals surface area contributed by atoms with Crippen LogP contribution in [0.2, 0.25) is 19.6 Å². The Morgan fingerprint density at radius 2 is 1.69 bits per heavy atom. The van der Waals surface area contributed by atoms with Gasteiger partial charge in [-0.25, -0.2) is 0 Å². The van der Waals surface area contributed by atoms with Crippen LogP contribution >= 0.6 is 0 Å². The van der Waals surface area contributed by atoms with Crippen molar-refractivity contribution >= 4 is 14.1 Å². The van der Waals surface area contributed by atoms with Gasteiger partial charge in [-0.1, -0.05) is 6.42 Å². The third kappa shape index (κ3) is 8.91. The predicted molar refractivity (Wildman–Crippen MR) is 58.8 cm³/mol. The van der Waals surface area contributed by atoms with Gasteiger partial charge < -0.3 is 4.43 Å². The molecular formula is C10H19F3O2Si. The lowest BCUT2D eigenvalue weighted by Crippen LogP contribution is -2.25. The molecule has 2 nitrogen and oxygen atoms in total. The van der Waals surface area contributed by atoms with Gasteiger partial charge in [0.2, 0.25) is 5.78 Å². The van der Waals surface area contributed by atoms with Gasteiger partial charge in [-0.2, -0.15) is 13.2 Å². The van der Waals surface area contributed by atoms with Crippen molar-refractivity contribution in [1.29, 1.82) is 0 Å². The van der Waals surface area contributed by atoms with Crippen LogP contribution in [0.1, 0.15) is 25.7 Å². The van der Waals surface area contributed by atoms with Gasteiger partial charge in [0.1, 0.15) is 0 Å². The highest BCUT2D eigenvalue weighted by Gasteiger charge is 2.36. The van der Waals surface area contributed by atoms with Crippen molar-refractivity contribution < 1.29 is 22.4 Å². The van der Waals surface area contributed by atoms with Crippen LogP contribution < -0.4 is 0 Å². The van der Waals surface area contributed by atoms with Crippen LogP contribution in [0.15, 0.2) is 0 Å². The van der Waals surface area contributed by atoms with E-state index in [1.165, 1.54) is 0 Å². The zero-order valence-corrected chi connectivity index (χ0v) is 11.0. The Balaban J connectivity index is 3.45. The van der Waals surface area contributed by atoms with Gasteiger partial charge in [0.05, 0.1) is 0 Å². The van der Waals surface area contributed by atoms with Crippen LogP contribution in [0.3, 0.4) is 0 Å². The summed E-state index contributed by atoms with van der Waals surface area (Å²) in [7, 11) is -1.52. The van der Waals surface area contributed by atoms with E-state index in [9.17, 15) is 18.0 Å². The second-order valence-electron chi connectivity index (χ2n) is 4.69. The first-order valence-corrected chi connectivity index (χ1v) is 8.78. The quantitative estimate of drug-likeness (QED) is 0.514. The molecule has 0 aromatic rings. The highest BCUT2D eigenvalue weighted by molar-refractivity contribution is 6.69. The molecule has 0 spiro atoms. The SMILES string of the molecule is C[Si](C)(C)OCCCCCC(=O)C(F)(F)F. The van der Waals surface area contributed by atoms with Gasteiger partial charge in [0.25, 0.3) is 0 Å².